The Morgan fingerprint density at radius 2 is 1.97 bits per heavy atom. The van der Waals surface area contributed by atoms with E-state index in [2.05, 4.69) is 10.6 Å². The number of nitrogens with one attached hydrogen (secondary N) is 2. The Labute approximate surface area is 190 Å². The standard InChI is InChI=1S/C24H23ClFN3O3/c25-20-9-2-1-8-19(20)21-10-11-22(32-21)23(30)29-12-4-5-16(15-29)14-27-24(31)28-18-7-3-6-17(26)13-18/h1-3,6-11,13,16H,4-5,12,14-15H2,(H2,27,28,31). The molecule has 0 spiro atoms. The fraction of sp³-hybridized carbons (Fsp3) is 0.250. The van der Waals surface area contributed by atoms with Crippen LogP contribution in [0.25, 0.3) is 11.3 Å². The van der Waals surface area contributed by atoms with Crippen molar-refractivity contribution >= 4 is 29.2 Å². The molecule has 4 rings (SSSR count). The molecule has 6 nitrogen and oxygen atoms in total. The molecule has 2 N–H and O–H groups in total. The molecule has 1 aliphatic heterocycles. The molecule has 1 saturated heterocycles. The minimum Gasteiger partial charge on any atom is -0.451 e. The third-order valence-electron chi connectivity index (χ3n) is 5.40. The van der Waals surface area contributed by atoms with Crippen molar-refractivity contribution in [3.8, 4) is 11.3 Å². The fourth-order valence-electron chi connectivity index (χ4n) is 3.81. The van der Waals surface area contributed by atoms with Gasteiger partial charge in [0.1, 0.15) is 11.6 Å². The maximum absolute atomic E-state index is 13.2. The van der Waals surface area contributed by atoms with Crippen LogP contribution in [0.5, 0.6) is 0 Å². The van der Waals surface area contributed by atoms with Crippen molar-refractivity contribution < 1.29 is 18.4 Å². The molecule has 0 saturated carbocycles. The molecular formula is C24H23ClFN3O3. The van der Waals surface area contributed by atoms with E-state index in [-0.39, 0.29) is 17.6 Å². The lowest BCUT2D eigenvalue weighted by molar-refractivity contribution is 0.0644. The topological polar surface area (TPSA) is 74.6 Å². The maximum Gasteiger partial charge on any atom is 0.319 e. The number of urea groups is 1. The zero-order valence-electron chi connectivity index (χ0n) is 17.3. The van der Waals surface area contributed by atoms with E-state index in [4.69, 9.17) is 16.0 Å². The predicted molar refractivity (Wildman–Crippen MR) is 121 cm³/mol. The molecular weight excluding hydrogens is 433 g/mol. The summed E-state index contributed by atoms with van der Waals surface area (Å²) in [4.78, 5) is 26.8. The summed E-state index contributed by atoms with van der Waals surface area (Å²) in [7, 11) is 0. The van der Waals surface area contributed by atoms with Gasteiger partial charge in [-0.2, -0.15) is 0 Å². The molecule has 1 aromatic heterocycles. The van der Waals surface area contributed by atoms with Gasteiger partial charge in [0, 0.05) is 30.9 Å². The van der Waals surface area contributed by atoms with E-state index < -0.39 is 11.8 Å². The Bertz CT molecular complexity index is 1120. The molecule has 166 valence electrons. The average Bonchev–Trinajstić information content (AvgIpc) is 3.28. The van der Waals surface area contributed by atoms with E-state index in [0.717, 1.165) is 18.4 Å². The normalized spacial score (nSPS) is 15.9. The average molecular weight is 456 g/mol. The molecule has 0 aliphatic carbocycles. The zero-order valence-corrected chi connectivity index (χ0v) is 18.1. The molecule has 3 aromatic rings. The van der Waals surface area contributed by atoms with Gasteiger partial charge in [-0.05, 0) is 61.2 Å². The van der Waals surface area contributed by atoms with Crippen molar-refractivity contribution in [2.75, 3.05) is 25.0 Å². The highest BCUT2D eigenvalue weighted by atomic mass is 35.5. The summed E-state index contributed by atoms with van der Waals surface area (Å²) in [6, 6.07) is 16.0. The van der Waals surface area contributed by atoms with Gasteiger partial charge in [-0.1, -0.05) is 29.8 Å². The van der Waals surface area contributed by atoms with E-state index >= 15 is 0 Å². The number of nitrogens with zero attached hydrogens (tertiary/aromatic N) is 1. The quantitative estimate of drug-likeness (QED) is 0.540. The summed E-state index contributed by atoms with van der Waals surface area (Å²) in [6.45, 7) is 1.56. The van der Waals surface area contributed by atoms with E-state index in [9.17, 15) is 14.0 Å². The number of likely N-dealkylation sites (tertiary alicyclic amines) is 1. The first kappa shape index (κ1) is 21.9. The minimum atomic E-state index is -0.417. The van der Waals surface area contributed by atoms with Crippen LogP contribution in [0, 0.1) is 11.7 Å². The number of furan rings is 1. The first-order chi connectivity index (χ1) is 15.5. The van der Waals surface area contributed by atoms with Crippen LogP contribution in [0.1, 0.15) is 23.4 Å². The molecule has 2 heterocycles. The summed E-state index contributed by atoms with van der Waals surface area (Å²) >= 11 is 6.22. The van der Waals surface area contributed by atoms with Crippen molar-refractivity contribution in [3.63, 3.8) is 0 Å². The van der Waals surface area contributed by atoms with Gasteiger partial charge in [0.2, 0.25) is 0 Å². The van der Waals surface area contributed by atoms with Gasteiger partial charge in [0.25, 0.3) is 5.91 Å². The number of piperidine rings is 1. The molecule has 8 heteroatoms. The van der Waals surface area contributed by atoms with Crippen LogP contribution in [0.4, 0.5) is 14.9 Å². The number of hydrogen-bond donors (Lipinski definition) is 2. The molecule has 1 atom stereocenters. The van der Waals surface area contributed by atoms with Crippen molar-refractivity contribution in [1.82, 2.24) is 10.2 Å². The van der Waals surface area contributed by atoms with Gasteiger partial charge < -0.3 is 20.0 Å². The number of hydrogen-bond acceptors (Lipinski definition) is 3. The van der Waals surface area contributed by atoms with Gasteiger partial charge in [0.05, 0.1) is 5.02 Å². The number of benzene rings is 2. The van der Waals surface area contributed by atoms with Crippen LogP contribution in [-0.4, -0.2) is 36.5 Å². The Morgan fingerprint density at radius 1 is 1.12 bits per heavy atom. The van der Waals surface area contributed by atoms with Gasteiger partial charge in [-0.15, -0.1) is 0 Å². The fourth-order valence-corrected chi connectivity index (χ4v) is 4.04. The Kier molecular flexibility index (Phi) is 6.75. The second-order valence-electron chi connectivity index (χ2n) is 7.75. The largest absolute Gasteiger partial charge is 0.451 e. The highest BCUT2D eigenvalue weighted by Gasteiger charge is 2.27. The Balaban J connectivity index is 1.32. The number of halogens is 2. The number of carbonyl (C=O) groups is 2. The summed E-state index contributed by atoms with van der Waals surface area (Å²) < 4.78 is 19.0. The lowest BCUT2D eigenvalue weighted by Gasteiger charge is -2.32. The molecule has 1 aliphatic rings. The molecule has 1 fully saturated rings. The molecule has 2 aromatic carbocycles. The summed E-state index contributed by atoms with van der Waals surface area (Å²) in [5, 5.41) is 5.97. The lowest BCUT2D eigenvalue weighted by atomic mass is 9.98. The molecule has 32 heavy (non-hydrogen) atoms. The predicted octanol–water partition coefficient (Wildman–Crippen LogP) is 5.41. The number of amides is 3. The first-order valence-corrected chi connectivity index (χ1v) is 10.8. The second kappa shape index (κ2) is 9.87. The Morgan fingerprint density at radius 3 is 2.78 bits per heavy atom. The maximum atomic E-state index is 13.2. The molecule has 3 amide bonds. The molecule has 0 radical (unpaired) electrons. The van der Waals surface area contributed by atoms with Crippen LogP contribution in [-0.2, 0) is 0 Å². The van der Waals surface area contributed by atoms with Crippen molar-refractivity contribution in [3.05, 3.63) is 77.3 Å². The van der Waals surface area contributed by atoms with Crippen LogP contribution in [0.3, 0.4) is 0 Å². The first-order valence-electron chi connectivity index (χ1n) is 10.4. The van der Waals surface area contributed by atoms with E-state index in [0.29, 0.717) is 36.1 Å². The number of carbonyl (C=O) groups excluding carboxylic acids is 2. The highest BCUT2D eigenvalue weighted by molar-refractivity contribution is 6.33. The number of anilines is 1. The van der Waals surface area contributed by atoms with Crippen LogP contribution >= 0.6 is 11.6 Å². The third-order valence-corrected chi connectivity index (χ3v) is 5.73. The van der Waals surface area contributed by atoms with Crippen molar-refractivity contribution in [2.45, 2.75) is 12.8 Å². The third kappa shape index (κ3) is 5.29. The second-order valence-corrected chi connectivity index (χ2v) is 8.16. The van der Waals surface area contributed by atoms with Gasteiger partial charge in [-0.3, -0.25) is 4.79 Å². The lowest BCUT2D eigenvalue weighted by Crippen LogP contribution is -2.44. The van der Waals surface area contributed by atoms with E-state index in [1.54, 1.807) is 29.2 Å². The summed E-state index contributed by atoms with van der Waals surface area (Å²) in [5.74, 6) is 0.321. The monoisotopic (exact) mass is 455 g/mol. The summed E-state index contributed by atoms with van der Waals surface area (Å²) in [5.41, 5.74) is 1.12. The Hall–Kier alpha value is -3.32. The minimum absolute atomic E-state index is 0.115. The van der Waals surface area contributed by atoms with Gasteiger partial charge in [-0.25, -0.2) is 9.18 Å². The highest BCUT2D eigenvalue weighted by Crippen LogP contribution is 2.30. The van der Waals surface area contributed by atoms with E-state index in [1.807, 2.05) is 18.2 Å². The van der Waals surface area contributed by atoms with Crippen LogP contribution in [0.15, 0.2) is 65.1 Å². The smallest absolute Gasteiger partial charge is 0.319 e. The van der Waals surface area contributed by atoms with Gasteiger partial charge in [0.15, 0.2) is 5.76 Å². The molecule has 0 bridgehead atoms. The number of rotatable bonds is 5. The van der Waals surface area contributed by atoms with Crippen LogP contribution < -0.4 is 10.6 Å². The van der Waals surface area contributed by atoms with Crippen LogP contribution in [0.2, 0.25) is 5.02 Å². The molecule has 1 unspecified atom stereocenters. The van der Waals surface area contributed by atoms with Crippen molar-refractivity contribution in [1.29, 1.82) is 0 Å². The van der Waals surface area contributed by atoms with Gasteiger partial charge >= 0.3 is 6.03 Å². The zero-order chi connectivity index (χ0) is 22.5. The van der Waals surface area contributed by atoms with Crippen molar-refractivity contribution in [2.24, 2.45) is 5.92 Å². The van der Waals surface area contributed by atoms with E-state index in [1.165, 1.54) is 18.2 Å². The SMILES string of the molecule is O=C(NCC1CCCN(C(=O)c2ccc(-c3ccccc3Cl)o2)C1)Nc1cccc(F)c1. The summed E-state index contributed by atoms with van der Waals surface area (Å²) in [6.07, 6.45) is 1.73.